The van der Waals surface area contributed by atoms with Gasteiger partial charge in [-0.2, -0.15) is 9.97 Å². The van der Waals surface area contributed by atoms with Crippen molar-refractivity contribution in [2.75, 3.05) is 19.5 Å². The fourth-order valence-corrected chi connectivity index (χ4v) is 2.53. The quantitative estimate of drug-likeness (QED) is 0.566. The van der Waals surface area contributed by atoms with Crippen molar-refractivity contribution in [1.29, 1.82) is 0 Å². The molecule has 1 aliphatic heterocycles. The molecule has 3 heterocycles. The number of esters is 1. The summed E-state index contributed by atoms with van der Waals surface area (Å²) < 4.78 is 16.9. The first-order valence-corrected chi connectivity index (χ1v) is 7.11. The third-order valence-electron chi connectivity index (χ3n) is 3.66. The van der Waals surface area contributed by atoms with Gasteiger partial charge in [0.05, 0.1) is 13.4 Å². The van der Waals surface area contributed by atoms with Gasteiger partial charge >= 0.3 is 5.97 Å². The summed E-state index contributed by atoms with van der Waals surface area (Å²) in [4.78, 5) is 23.0. The number of aliphatic hydroxyl groups excluding tert-OH is 2. The van der Waals surface area contributed by atoms with E-state index in [0.29, 0.717) is 5.52 Å². The van der Waals surface area contributed by atoms with Gasteiger partial charge in [-0.25, -0.2) is 4.98 Å². The third kappa shape index (κ3) is 2.72. The van der Waals surface area contributed by atoms with E-state index in [2.05, 4.69) is 15.0 Å². The minimum Gasteiger partial charge on any atom is -0.479 e. The molecule has 24 heavy (non-hydrogen) atoms. The normalized spacial score (nSPS) is 26.7. The van der Waals surface area contributed by atoms with Gasteiger partial charge in [-0.15, -0.1) is 0 Å². The molecule has 0 unspecified atom stereocenters. The number of methoxy groups -OCH3 is 1. The number of aliphatic hydroxyl groups is 2. The molecule has 0 aromatic carbocycles. The summed E-state index contributed by atoms with van der Waals surface area (Å²) in [5.41, 5.74) is 6.26. The Morgan fingerprint density at radius 3 is 2.83 bits per heavy atom. The summed E-state index contributed by atoms with van der Waals surface area (Å²) in [5, 5.41) is 20.3. The van der Waals surface area contributed by atoms with E-state index >= 15 is 0 Å². The van der Waals surface area contributed by atoms with Crippen molar-refractivity contribution in [2.45, 2.75) is 31.5 Å². The first-order chi connectivity index (χ1) is 11.4. The molecule has 4 N–H and O–H groups in total. The molecule has 130 valence electrons. The zero-order valence-corrected chi connectivity index (χ0v) is 13.0. The van der Waals surface area contributed by atoms with Crippen LogP contribution in [0.25, 0.3) is 11.2 Å². The van der Waals surface area contributed by atoms with Crippen molar-refractivity contribution in [2.24, 2.45) is 0 Å². The van der Waals surface area contributed by atoms with Gasteiger partial charge in [-0.05, 0) is 0 Å². The average molecular weight is 339 g/mol. The Balaban J connectivity index is 1.93. The Bertz CT molecular complexity index is 765. The molecule has 11 heteroatoms. The molecule has 1 aliphatic rings. The van der Waals surface area contributed by atoms with Crippen LogP contribution in [0.5, 0.6) is 5.88 Å². The van der Waals surface area contributed by atoms with Gasteiger partial charge in [0.25, 0.3) is 0 Å². The Labute approximate surface area is 136 Å². The number of nitrogens with two attached hydrogens (primary N) is 1. The number of aromatic nitrogens is 4. The molecule has 4 atom stereocenters. The molecule has 11 nitrogen and oxygen atoms in total. The van der Waals surface area contributed by atoms with Crippen LogP contribution in [0.4, 0.5) is 5.95 Å². The third-order valence-corrected chi connectivity index (χ3v) is 3.66. The van der Waals surface area contributed by atoms with Crippen LogP contribution in [0, 0.1) is 0 Å². The Morgan fingerprint density at radius 1 is 1.42 bits per heavy atom. The van der Waals surface area contributed by atoms with Crippen molar-refractivity contribution < 1.29 is 29.2 Å². The predicted molar refractivity (Wildman–Crippen MR) is 78.8 cm³/mol. The second-order valence-electron chi connectivity index (χ2n) is 5.26. The maximum absolute atomic E-state index is 10.9. The maximum atomic E-state index is 10.9. The van der Waals surface area contributed by atoms with Gasteiger partial charge in [0.1, 0.15) is 24.9 Å². The fourth-order valence-electron chi connectivity index (χ4n) is 2.53. The molecule has 3 rings (SSSR count). The van der Waals surface area contributed by atoms with E-state index in [1.165, 1.54) is 24.9 Å². The summed E-state index contributed by atoms with van der Waals surface area (Å²) in [5.74, 6) is -0.367. The second-order valence-corrected chi connectivity index (χ2v) is 5.26. The highest BCUT2D eigenvalue weighted by Crippen LogP contribution is 2.33. The minimum absolute atomic E-state index is 0.0365. The van der Waals surface area contributed by atoms with Crippen molar-refractivity contribution >= 4 is 23.1 Å². The molecule has 0 amide bonds. The molecule has 0 radical (unpaired) electrons. The summed E-state index contributed by atoms with van der Waals surface area (Å²) in [7, 11) is 1.42. The van der Waals surface area contributed by atoms with Crippen LogP contribution in [0.15, 0.2) is 6.33 Å². The highest BCUT2D eigenvalue weighted by atomic mass is 16.6. The topological polar surface area (TPSA) is 155 Å². The number of nitrogen functional groups attached to an aromatic ring is 1. The molecule has 0 spiro atoms. The zero-order chi connectivity index (χ0) is 17.4. The molecule has 2 aromatic rings. The molecular weight excluding hydrogens is 322 g/mol. The summed E-state index contributed by atoms with van der Waals surface area (Å²) in [6, 6.07) is 0. The van der Waals surface area contributed by atoms with E-state index in [0.717, 1.165) is 0 Å². The van der Waals surface area contributed by atoms with Crippen molar-refractivity contribution in [3.63, 3.8) is 0 Å². The Kier molecular flexibility index (Phi) is 4.22. The van der Waals surface area contributed by atoms with Crippen molar-refractivity contribution in [3.05, 3.63) is 6.33 Å². The number of ether oxygens (including phenoxy) is 3. The number of fused-ring (bicyclic) bond motifs is 1. The van der Waals surface area contributed by atoms with E-state index in [4.69, 9.17) is 19.9 Å². The molecule has 0 bridgehead atoms. The largest absolute Gasteiger partial charge is 0.479 e. The minimum atomic E-state index is -1.27. The lowest BCUT2D eigenvalue weighted by Gasteiger charge is -2.16. The van der Waals surface area contributed by atoms with Gasteiger partial charge in [-0.3, -0.25) is 9.36 Å². The van der Waals surface area contributed by atoms with Crippen LogP contribution in [-0.2, 0) is 14.3 Å². The number of imidazole rings is 1. The number of carbonyl (C=O) groups is 1. The van der Waals surface area contributed by atoms with E-state index in [1.807, 2.05) is 0 Å². The van der Waals surface area contributed by atoms with E-state index < -0.39 is 30.5 Å². The number of anilines is 1. The maximum Gasteiger partial charge on any atom is 0.302 e. The zero-order valence-electron chi connectivity index (χ0n) is 13.0. The highest BCUT2D eigenvalue weighted by Gasteiger charge is 2.45. The first kappa shape index (κ1) is 16.4. The predicted octanol–water partition coefficient (Wildman–Crippen LogP) is -1.40. The van der Waals surface area contributed by atoms with Crippen LogP contribution in [-0.4, -0.2) is 67.7 Å². The lowest BCUT2D eigenvalue weighted by atomic mass is 10.1. The van der Waals surface area contributed by atoms with Crippen LogP contribution < -0.4 is 10.5 Å². The smallest absolute Gasteiger partial charge is 0.302 e. The number of nitrogens with zero attached hydrogens (tertiary/aromatic N) is 4. The van der Waals surface area contributed by atoms with E-state index in [1.54, 1.807) is 0 Å². The highest BCUT2D eigenvalue weighted by molar-refractivity contribution is 5.77. The van der Waals surface area contributed by atoms with Gasteiger partial charge in [0.15, 0.2) is 17.4 Å². The SMILES string of the molecule is COc1nc(N)nc2c1ncn2[C@@H]1O[C@H](COC(C)=O)[C@@H](O)[C@@H]1O. The molecule has 1 saturated heterocycles. The van der Waals surface area contributed by atoms with Gasteiger partial charge in [-0.1, -0.05) is 0 Å². The number of hydrogen-bond acceptors (Lipinski definition) is 10. The molecule has 1 fully saturated rings. The van der Waals surface area contributed by atoms with Crippen LogP contribution in [0.3, 0.4) is 0 Å². The fraction of sp³-hybridized carbons (Fsp3) is 0.538. The summed E-state index contributed by atoms with van der Waals surface area (Å²) in [6.07, 6.45) is -3.01. The standard InChI is InChI=1S/C13H17N5O6/c1-5(19)23-3-6-8(20)9(21)12(24-6)18-4-15-7-10(18)16-13(14)17-11(7)22-2/h4,6,8-9,12,20-21H,3H2,1-2H3,(H2,14,16,17)/t6-,8-,9+,12-/m1/s1. The lowest BCUT2D eigenvalue weighted by molar-refractivity contribution is -0.147. The van der Waals surface area contributed by atoms with E-state index in [9.17, 15) is 15.0 Å². The van der Waals surface area contributed by atoms with E-state index in [-0.39, 0.29) is 24.1 Å². The van der Waals surface area contributed by atoms with Crippen molar-refractivity contribution in [3.8, 4) is 5.88 Å². The summed E-state index contributed by atoms with van der Waals surface area (Å²) in [6.45, 7) is 1.06. The van der Waals surface area contributed by atoms with Crippen LogP contribution in [0.2, 0.25) is 0 Å². The molecule has 0 saturated carbocycles. The number of carbonyl (C=O) groups excluding carboxylic acids is 1. The average Bonchev–Trinajstić information content (AvgIpc) is 3.07. The molecular formula is C13H17N5O6. The van der Waals surface area contributed by atoms with Crippen LogP contribution in [0.1, 0.15) is 13.2 Å². The lowest BCUT2D eigenvalue weighted by Crippen LogP contribution is -2.34. The Morgan fingerprint density at radius 2 is 2.17 bits per heavy atom. The Hall–Kier alpha value is -2.50. The second kappa shape index (κ2) is 6.19. The first-order valence-electron chi connectivity index (χ1n) is 7.11. The summed E-state index contributed by atoms with van der Waals surface area (Å²) >= 11 is 0. The van der Waals surface area contributed by atoms with Crippen molar-refractivity contribution in [1.82, 2.24) is 19.5 Å². The van der Waals surface area contributed by atoms with Gasteiger partial charge in [0, 0.05) is 6.92 Å². The number of hydrogen-bond donors (Lipinski definition) is 3. The molecule has 2 aromatic heterocycles. The monoisotopic (exact) mass is 339 g/mol. The van der Waals surface area contributed by atoms with Crippen LogP contribution >= 0.6 is 0 Å². The van der Waals surface area contributed by atoms with Gasteiger partial charge < -0.3 is 30.2 Å². The van der Waals surface area contributed by atoms with Gasteiger partial charge in [0.2, 0.25) is 11.8 Å². The molecule has 0 aliphatic carbocycles. The number of rotatable bonds is 4.